The lowest BCUT2D eigenvalue weighted by molar-refractivity contribution is -0.158. The van der Waals surface area contributed by atoms with Gasteiger partial charge in [0.15, 0.2) is 0 Å². The Balaban J connectivity index is 1.41. The number of ether oxygens (including phenoxy) is 1. The first-order chi connectivity index (χ1) is 19.0. The molecule has 0 saturated carbocycles. The molecule has 0 bridgehead atoms. The molecule has 1 aromatic heterocycles. The Kier molecular flexibility index (Phi) is 8.56. The number of methoxy groups -OCH3 is 1. The van der Waals surface area contributed by atoms with Crippen LogP contribution < -0.4 is 4.74 Å². The summed E-state index contributed by atoms with van der Waals surface area (Å²) >= 11 is 0. The molecule has 2 aliphatic rings. The van der Waals surface area contributed by atoms with Crippen molar-refractivity contribution in [1.82, 2.24) is 19.7 Å². The number of hydrogen-bond donors (Lipinski definition) is 1. The third-order valence-corrected chi connectivity index (χ3v) is 8.31. The standard InChI is InChI=1S/C32H42N4O3/c1-4-6-16-34(17-7-5-2)18-11-19-35-22-29(37)36-28(32(35)38)21-26-25-14-8-9-15-27(25)33-30(26)31(36)23-12-10-13-24(20-23)39-3/h8-10,12-15,20,28,31,33H,4-7,11,16-19,21-22H2,1-3H3. The minimum absolute atomic E-state index is 0.00514. The molecule has 2 aliphatic heterocycles. The van der Waals surface area contributed by atoms with Crippen LogP contribution in [0.15, 0.2) is 48.5 Å². The van der Waals surface area contributed by atoms with Gasteiger partial charge in [0.1, 0.15) is 11.8 Å². The fourth-order valence-corrected chi connectivity index (χ4v) is 6.25. The molecule has 2 unspecified atom stereocenters. The molecule has 0 radical (unpaired) electrons. The largest absolute Gasteiger partial charge is 0.497 e. The molecule has 3 aromatic rings. The van der Waals surface area contributed by atoms with Crippen molar-refractivity contribution in [3.05, 3.63) is 65.4 Å². The van der Waals surface area contributed by atoms with Crippen molar-refractivity contribution in [3.8, 4) is 5.75 Å². The number of hydrogen-bond acceptors (Lipinski definition) is 4. The van der Waals surface area contributed by atoms with Gasteiger partial charge in [-0.25, -0.2) is 0 Å². The van der Waals surface area contributed by atoms with E-state index >= 15 is 0 Å². The summed E-state index contributed by atoms with van der Waals surface area (Å²) in [6, 6.07) is 15.2. The van der Waals surface area contributed by atoms with Crippen LogP contribution in [0, 0.1) is 0 Å². The lowest BCUT2D eigenvalue weighted by atomic mass is 9.86. The molecule has 7 nitrogen and oxygen atoms in total. The second kappa shape index (κ2) is 12.2. The highest BCUT2D eigenvalue weighted by Gasteiger charge is 2.48. The van der Waals surface area contributed by atoms with Crippen LogP contribution in [-0.4, -0.2) is 77.4 Å². The topological polar surface area (TPSA) is 68.9 Å². The van der Waals surface area contributed by atoms with Gasteiger partial charge in [-0.1, -0.05) is 57.0 Å². The number of carbonyl (C=O) groups excluding carboxylic acids is 2. The van der Waals surface area contributed by atoms with Crippen molar-refractivity contribution < 1.29 is 14.3 Å². The van der Waals surface area contributed by atoms with Gasteiger partial charge in [-0.2, -0.15) is 0 Å². The summed E-state index contributed by atoms with van der Waals surface area (Å²) in [6.07, 6.45) is 6.17. The van der Waals surface area contributed by atoms with E-state index in [2.05, 4.69) is 35.9 Å². The van der Waals surface area contributed by atoms with Gasteiger partial charge >= 0.3 is 0 Å². The molecule has 1 N–H and O–H groups in total. The van der Waals surface area contributed by atoms with Gasteiger partial charge in [0, 0.05) is 29.6 Å². The zero-order valence-electron chi connectivity index (χ0n) is 23.6. The number of nitrogens with one attached hydrogen (secondary N) is 1. The summed E-state index contributed by atoms with van der Waals surface area (Å²) in [5, 5.41) is 1.12. The summed E-state index contributed by atoms with van der Waals surface area (Å²) in [5.74, 6) is 0.804. The highest BCUT2D eigenvalue weighted by Crippen LogP contribution is 2.43. The lowest BCUT2D eigenvalue weighted by Crippen LogP contribution is -2.63. The average Bonchev–Trinajstić information content (AvgIpc) is 3.34. The van der Waals surface area contributed by atoms with Crippen molar-refractivity contribution in [2.75, 3.05) is 39.8 Å². The first-order valence-electron chi connectivity index (χ1n) is 14.6. The molecular weight excluding hydrogens is 488 g/mol. The summed E-state index contributed by atoms with van der Waals surface area (Å²) in [6.45, 7) is 8.37. The van der Waals surface area contributed by atoms with Gasteiger partial charge in [-0.15, -0.1) is 0 Å². The van der Waals surface area contributed by atoms with Crippen LogP contribution in [0.3, 0.4) is 0 Å². The van der Waals surface area contributed by atoms with Gasteiger partial charge in [0.05, 0.1) is 19.7 Å². The quantitative estimate of drug-likeness (QED) is 0.352. The number of piperazine rings is 1. The minimum atomic E-state index is -0.509. The monoisotopic (exact) mass is 530 g/mol. The van der Waals surface area contributed by atoms with Crippen molar-refractivity contribution >= 4 is 22.7 Å². The van der Waals surface area contributed by atoms with E-state index in [4.69, 9.17) is 4.74 Å². The van der Waals surface area contributed by atoms with E-state index in [1.807, 2.05) is 46.2 Å². The van der Waals surface area contributed by atoms with E-state index in [9.17, 15) is 9.59 Å². The number of aromatic amines is 1. The number of rotatable bonds is 12. The number of nitrogens with zero attached hydrogens (tertiary/aromatic N) is 3. The van der Waals surface area contributed by atoms with Crippen molar-refractivity contribution in [1.29, 1.82) is 0 Å². The van der Waals surface area contributed by atoms with Crippen LogP contribution in [-0.2, 0) is 16.0 Å². The van der Waals surface area contributed by atoms with E-state index in [0.29, 0.717) is 13.0 Å². The molecule has 208 valence electrons. The fraction of sp³-hybridized carbons (Fsp3) is 0.500. The van der Waals surface area contributed by atoms with Crippen LogP contribution >= 0.6 is 0 Å². The maximum Gasteiger partial charge on any atom is 0.246 e. The summed E-state index contributed by atoms with van der Waals surface area (Å²) in [7, 11) is 1.65. The van der Waals surface area contributed by atoms with Crippen LogP contribution in [0.4, 0.5) is 0 Å². The van der Waals surface area contributed by atoms with E-state index < -0.39 is 6.04 Å². The number of carbonyl (C=O) groups is 2. The van der Waals surface area contributed by atoms with Gasteiger partial charge in [0.2, 0.25) is 11.8 Å². The maximum absolute atomic E-state index is 14.0. The Hall–Kier alpha value is -3.32. The maximum atomic E-state index is 14.0. The molecule has 1 saturated heterocycles. The van der Waals surface area contributed by atoms with Crippen molar-refractivity contribution in [3.63, 3.8) is 0 Å². The number of para-hydroxylation sites is 1. The number of amides is 2. The van der Waals surface area contributed by atoms with E-state index in [1.165, 1.54) is 25.7 Å². The van der Waals surface area contributed by atoms with E-state index in [0.717, 1.165) is 59.5 Å². The predicted molar refractivity (Wildman–Crippen MR) is 155 cm³/mol. The number of unbranched alkanes of at least 4 members (excludes halogenated alkanes) is 2. The summed E-state index contributed by atoms with van der Waals surface area (Å²) < 4.78 is 5.51. The van der Waals surface area contributed by atoms with Gasteiger partial charge < -0.3 is 24.4 Å². The Labute approximate surface area is 232 Å². The third-order valence-electron chi connectivity index (χ3n) is 8.31. The highest BCUT2D eigenvalue weighted by molar-refractivity contribution is 5.97. The van der Waals surface area contributed by atoms with Crippen molar-refractivity contribution in [2.45, 2.75) is 64.5 Å². The van der Waals surface area contributed by atoms with Crippen molar-refractivity contribution in [2.24, 2.45) is 0 Å². The Morgan fingerprint density at radius 2 is 1.72 bits per heavy atom. The molecule has 0 aliphatic carbocycles. The van der Waals surface area contributed by atoms with Gasteiger partial charge in [-0.3, -0.25) is 9.59 Å². The molecule has 39 heavy (non-hydrogen) atoms. The van der Waals surface area contributed by atoms with Gasteiger partial charge in [-0.05, 0) is 68.2 Å². The number of fused-ring (bicyclic) bond motifs is 4. The molecule has 1 fully saturated rings. The summed E-state index contributed by atoms with van der Waals surface area (Å²) in [5.41, 5.74) is 4.11. The zero-order valence-corrected chi connectivity index (χ0v) is 23.6. The summed E-state index contributed by atoms with van der Waals surface area (Å²) in [4.78, 5) is 37.5. The first-order valence-corrected chi connectivity index (χ1v) is 14.6. The third kappa shape index (κ3) is 5.55. The minimum Gasteiger partial charge on any atom is -0.497 e. The van der Waals surface area contributed by atoms with E-state index in [1.54, 1.807) is 7.11 Å². The van der Waals surface area contributed by atoms with Crippen LogP contribution in [0.2, 0.25) is 0 Å². The number of aromatic nitrogens is 1. The number of benzene rings is 2. The molecular formula is C32H42N4O3. The van der Waals surface area contributed by atoms with Crippen LogP contribution in [0.1, 0.15) is 68.8 Å². The van der Waals surface area contributed by atoms with Crippen LogP contribution in [0.25, 0.3) is 10.9 Å². The Morgan fingerprint density at radius 3 is 2.46 bits per heavy atom. The molecule has 2 amide bonds. The molecule has 5 rings (SSSR count). The SMILES string of the molecule is CCCCN(CCCC)CCCN1CC(=O)N2C(Cc3c([nH]c4ccccc34)C2c2cccc(OC)c2)C1=O. The zero-order chi connectivity index (χ0) is 27.4. The second-order valence-corrected chi connectivity index (χ2v) is 10.9. The van der Waals surface area contributed by atoms with Crippen LogP contribution in [0.5, 0.6) is 5.75 Å². The number of H-pyrrole nitrogens is 1. The molecule has 7 heteroatoms. The predicted octanol–water partition coefficient (Wildman–Crippen LogP) is 5.15. The smallest absolute Gasteiger partial charge is 0.246 e. The molecule has 3 heterocycles. The Morgan fingerprint density at radius 1 is 0.974 bits per heavy atom. The highest BCUT2D eigenvalue weighted by atomic mass is 16.5. The second-order valence-electron chi connectivity index (χ2n) is 10.9. The first kappa shape index (κ1) is 27.3. The lowest BCUT2D eigenvalue weighted by Gasteiger charge is -2.47. The Bertz CT molecular complexity index is 1290. The average molecular weight is 531 g/mol. The van der Waals surface area contributed by atoms with Gasteiger partial charge in [0.25, 0.3) is 0 Å². The molecule has 2 atom stereocenters. The fourth-order valence-electron chi connectivity index (χ4n) is 6.25. The normalized spacial score (nSPS) is 19.1. The van der Waals surface area contributed by atoms with E-state index in [-0.39, 0.29) is 24.4 Å². The molecule has 0 spiro atoms. The molecule has 2 aromatic carbocycles.